The standard InChI is InChI=1S/C30H41F3N2/c1-7-9-25(18-22(6)21(5)8-2)29-28(20(3)4)26-19-24(10-11-27(26)34-29)23-12-15-35(16-13-23)17-14-30(31,32)33/h7,9-11,18-21,23,34H,1,8,12-17H2,2-6H3/b22-18-,25-9+. The Kier molecular flexibility index (Phi) is 9.09. The molecule has 0 radical (unpaired) electrons. The summed E-state index contributed by atoms with van der Waals surface area (Å²) in [5, 5.41) is 1.25. The van der Waals surface area contributed by atoms with Crippen LogP contribution in [-0.4, -0.2) is 35.7 Å². The van der Waals surface area contributed by atoms with Gasteiger partial charge in [0.05, 0.1) is 6.42 Å². The number of nitrogens with one attached hydrogen (secondary N) is 1. The van der Waals surface area contributed by atoms with Gasteiger partial charge >= 0.3 is 6.18 Å². The number of alkyl halides is 3. The zero-order valence-corrected chi connectivity index (χ0v) is 21.9. The van der Waals surface area contributed by atoms with E-state index in [0.29, 0.717) is 17.8 Å². The molecular formula is C30H41F3N2. The number of aromatic amines is 1. The molecule has 1 saturated heterocycles. The number of hydrogen-bond acceptors (Lipinski definition) is 1. The minimum atomic E-state index is -4.08. The van der Waals surface area contributed by atoms with Crippen LogP contribution in [0.5, 0.6) is 0 Å². The highest BCUT2D eigenvalue weighted by molar-refractivity contribution is 5.92. The molecule has 1 fully saturated rings. The minimum absolute atomic E-state index is 0.107. The molecule has 3 rings (SSSR count). The molecule has 1 aliphatic rings. The summed E-state index contributed by atoms with van der Waals surface area (Å²) in [5.41, 5.74) is 7.38. The van der Waals surface area contributed by atoms with Gasteiger partial charge in [0.1, 0.15) is 0 Å². The first-order valence-electron chi connectivity index (χ1n) is 13.0. The lowest BCUT2D eigenvalue weighted by Gasteiger charge is -2.32. The summed E-state index contributed by atoms with van der Waals surface area (Å²) < 4.78 is 37.8. The first kappa shape index (κ1) is 27.3. The predicted octanol–water partition coefficient (Wildman–Crippen LogP) is 8.98. The smallest absolute Gasteiger partial charge is 0.354 e. The van der Waals surface area contributed by atoms with Crippen molar-refractivity contribution in [2.75, 3.05) is 19.6 Å². The number of aromatic nitrogens is 1. The molecule has 1 aliphatic heterocycles. The number of piperidine rings is 1. The first-order chi connectivity index (χ1) is 16.5. The molecule has 1 N–H and O–H groups in total. The Morgan fingerprint density at radius 2 is 1.89 bits per heavy atom. The van der Waals surface area contributed by atoms with Crippen LogP contribution >= 0.6 is 0 Å². The van der Waals surface area contributed by atoms with Gasteiger partial charge in [-0.2, -0.15) is 13.2 Å². The van der Waals surface area contributed by atoms with Crippen molar-refractivity contribution in [1.29, 1.82) is 0 Å². The van der Waals surface area contributed by atoms with Gasteiger partial charge in [-0.3, -0.25) is 0 Å². The highest BCUT2D eigenvalue weighted by Gasteiger charge is 2.29. The number of likely N-dealkylation sites (tertiary alicyclic amines) is 1. The molecule has 0 aliphatic carbocycles. The molecule has 1 unspecified atom stereocenters. The van der Waals surface area contributed by atoms with Crippen LogP contribution in [0.2, 0.25) is 0 Å². The molecule has 1 atom stereocenters. The quantitative estimate of drug-likeness (QED) is 0.350. The van der Waals surface area contributed by atoms with E-state index < -0.39 is 12.6 Å². The van der Waals surface area contributed by atoms with Gasteiger partial charge in [0.15, 0.2) is 0 Å². The summed E-state index contributed by atoms with van der Waals surface area (Å²) in [7, 11) is 0. The monoisotopic (exact) mass is 486 g/mol. The van der Waals surface area contributed by atoms with Gasteiger partial charge in [0.2, 0.25) is 0 Å². The topological polar surface area (TPSA) is 19.0 Å². The van der Waals surface area contributed by atoms with Crippen molar-refractivity contribution in [3.8, 4) is 0 Å². The third-order valence-electron chi connectivity index (χ3n) is 7.57. The van der Waals surface area contributed by atoms with Crippen LogP contribution in [-0.2, 0) is 0 Å². The maximum Gasteiger partial charge on any atom is 0.390 e. The number of hydrogen-bond donors (Lipinski definition) is 1. The fourth-order valence-electron chi connectivity index (χ4n) is 5.13. The molecule has 0 saturated carbocycles. The van der Waals surface area contributed by atoms with Crippen LogP contribution in [0.3, 0.4) is 0 Å². The Morgan fingerprint density at radius 3 is 2.46 bits per heavy atom. The molecule has 0 bridgehead atoms. The van der Waals surface area contributed by atoms with E-state index in [4.69, 9.17) is 0 Å². The Bertz CT molecular complexity index is 1060. The second kappa shape index (κ2) is 11.6. The molecule has 2 heterocycles. The lowest BCUT2D eigenvalue weighted by molar-refractivity contribution is -0.138. The van der Waals surface area contributed by atoms with Crippen molar-refractivity contribution in [1.82, 2.24) is 9.88 Å². The van der Waals surface area contributed by atoms with E-state index >= 15 is 0 Å². The Hall–Kier alpha value is -2.27. The van der Waals surface area contributed by atoms with E-state index in [2.05, 4.69) is 76.5 Å². The Labute approximate surface area is 209 Å². The summed E-state index contributed by atoms with van der Waals surface area (Å²) in [6.45, 7) is 16.6. The van der Waals surface area contributed by atoms with Crippen LogP contribution in [0.1, 0.15) is 89.0 Å². The molecule has 35 heavy (non-hydrogen) atoms. The predicted molar refractivity (Wildman–Crippen MR) is 143 cm³/mol. The fourth-order valence-corrected chi connectivity index (χ4v) is 5.13. The van der Waals surface area contributed by atoms with E-state index in [1.54, 1.807) is 0 Å². The van der Waals surface area contributed by atoms with Gasteiger partial charge in [-0.15, -0.1) is 0 Å². The number of nitrogens with zero attached hydrogens (tertiary/aromatic N) is 1. The van der Waals surface area contributed by atoms with Crippen LogP contribution < -0.4 is 0 Å². The number of benzene rings is 1. The SMILES string of the molecule is C=C/C=C(\C=C(\C)C(C)CC)c1[nH]c2ccc(C3CCN(CCC(F)(F)F)CC3)cc2c1C(C)C. The maximum atomic E-state index is 12.6. The molecular weight excluding hydrogens is 445 g/mol. The van der Waals surface area contributed by atoms with Crippen molar-refractivity contribution in [3.63, 3.8) is 0 Å². The number of fused-ring (bicyclic) bond motifs is 1. The first-order valence-corrected chi connectivity index (χ1v) is 13.0. The number of H-pyrrole nitrogens is 1. The molecule has 2 nitrogen and oxygen atoms in total. The third kappa shape index (κ3) is 6.91. The lowest BCUT2D eigenvalue weighted by atomic mass is 9.87. The summed E-state index contributed by atoms with van der Waals surface area (Å²) in [4.78, 5) is 5.64. The second-order valence-corrected chi connectivity index (χ2v) is 10.4. The average Bonchev–Trinajstić information content (AvgIpc) is 3.20. The second-order valence-electron chi connectivity index (χ2n) is 10.4. The van der Waals surface area contributed by atoms with Crippen LogP contribution in [0.4, 0.5) is 13.2 Å². The lowest BCUT2D eigenvalue weighted by Crippen LogP contribution is -2.35. The van der Waals surface area contributed by atoms with Crippen LogP contribution in [0, 0.1) is 5.92 Å². The summed E-state index contributed by atoms with van der Waals surface area (Å²) in [6.07, 6.45) is 4.31. The maximum absolute atomic E-state index is 12.6. The summed E-state index contributed by atoms with van der Waals surface area (Å²) in [5.74, 6) is 1.24. The van der Waals surface area contributed by atoms with Gasteiger partial charge in [-0.25, -0.2) is 0 Å². The zero-order valence-electron chi connectivity index (χ0n) is 21.9. The highest BCUT2D eigenvalue weighted by atomic mass is 19.4. The van der Waals surface area contributed by atoms with E-state index in [1.165, 1.54) is 22.1 Å². The number of halogens is 3. The van der Waals surface area contributed by atoms with Gasteiger partial charge < -0.3 is 9.88 Å². The van der Waals surface area contributed by atoms with Gasteiger partial charge in [0.25, 0.3) is 0 Å². The van der Waals surface area contributed by atoms with Gasteiger partial charge in [-0.05, 0) is 85.9 Å². The van der Waals surface area contributed by atoms with Gasteiger partial charge in [0, 0.05) is 23.1 Å². The van der Waals surface area contributed by atoms with E-state index in [-0.39, 0.29) is 6.54 Å². The summed E-state index contributed by atoms with van der Waals surface area (Å²) in [6, 6.07) is 6.68. The van der Waals surface area contributed by atoms with Crippen molar-refractivity contribution in [2.24, 2.45) is 5.92 Å². The number of allylic oxidation sites excluding steroid dienone is 5. The molecule has 0 spiro atoms. The number of rotatable bonds is 9. The third-order valence-corrected chi connectivity index (χ3v) is 7.57. The largest absolute Gasteiger partial charge is 0.390 e. The normalized spacial score (nSPS) is 18.0. The van der Waals surface area contributed by atoms with Crippen molar-refractivity contribution in [3.05, 3.63) is 65.4 Å². The van der Waals surface area contributed by atoms with E-state index in [1.807, 2.05) is 11.0 Å². The van der Waals surface area contributed by atoms with Crippen molar-refractivity contribution >= 4 is 16.5 Å². The van der Waals surface area contributed by atoms with Crippen LogP contribution in [0.25, 0.3) is 16.5 Å². The molecule has 192 valence electrons. The Morgan fingerprint density at radius 1 is 1.20 bits per heavy atom. The summed E-state index contributed by atoms with van der Waals surface area (Å²) >= 11 is 0. The fraction of sp³-hybridized carbons (Fsp3) is 0.533. The van der Waals surface area contributed by atoms with E-state index in [9.17, 15) is 13.2 Å². The molecule has 5 heteroatoms. The van der Waals surface area contributed by atoms with Gasteiger partial charge in [-0.1, -0.05) is 64.1 Å². The van der Waals surface area contributed by atoms with Crippen LogP contribution in [0.15, 0.2) is 48.6 Å². The molecule has 0 amide bonds. The van der Waals surface area contributed by atoms with Crippen molar-refractivity contribution in [2.45, 2.75) is 78.3 Å². The van der Waals surface area contributed by atoms with E-state index in [0.717, 1.165) is 49.1 Å². The highest BCUT2D eigenvalue weighted by Crippen LogP contribution is 2.38. The molecule has 2 aromatic rings. The Balaban J connectivity index is 1.90. The minimum Gasteiger partial charge on any atom is -0.354 e. The average molecular weight is 487 g/mol. The molecule has 1 aromatic carbocycles. The zero-order chi connectivity index (χ0) is 25.8. The van der Waals surface area contributed by atoms with Crippen molar-refractivity contribution < 1.29 is 13.2 Å². The molecule has 1 aromatic heterocycles.